The summed E-state index contributed by atoms with van der Waals surface area (Å²) in [4.78, 5) is 11.3. The van der Waals surface area contributed by atoms with Crippen LogP contribution in [0.15, 0.2) is 22.7 Å². The van der Waals surface area contributed by atoms with Crippen molar-refractivity contribution >= 4 is 21.9 Å². The molecule has 0 fully saturated rings. The lowest BCUT2D eigenvalue weighted by molar-refractivity contribution is -0.143. The molecule has 0 saturated carbocycles. The van der Waals surface area contributed by atoms with E-state index < -0.39 is 17.8 Å². The lowest BCUT2D eigenvalue weighted by Gasteiger charge is -2.14. The van der Waals surface area contributed by atoms with Crippen LogP contribution in [0.25, 0.3) is 0 Å². The molecule has 0 aliphatic heterocycles. The summed E-state index contributed by atoms with van der Waals surface area (Å²) in [5, 5.41) is 2.70. The first-order valence-electron chi connectivity index (χ1n) is 4.30. The largest absolute Gasteiger partial charge is 0.468 e. The number of esters is 1. The van der Waals surface area contributed by atoms with Gasteiger partial charge in [-0.05, 0) is 25.2 Å². The van der Waals surface area contributed by atoms with Gasteiger partial charge in [0, 0.05) is 10.0 Å². The summed E-state index contributed by atoms with van der Waals surface area (Å²) in [6, 6.07) is 3.63. The van der Waals surface area contributed by atoms with Crippen LogP contribution < -0.4 is 5.32 Å². The highest BCUT2D eigenvalue weighted by atomic mass is 79.9. The summed E-state index contributed by atoms with van der Waals surface area (Å²) in [5.74, 6) is -0.961. The van der Waals surface area contributed by atoms with Crippen LogP contribution in [0.5, 0.6) is 0 Å². The number of methoxy groups -OCH3 is 1. The summed E-state index contributed by atoms with van der Waals surface area (Å²) in [5.41, 5.74) is 0.263. The molecule has 1 atom stereocenters. The van der Waals surface area contributed by atoms with Gasteiger partial charge in [-0.3, -0.25) is 0 Å². The first-order valence-corrected chi connectivity index (χ1v) is 5.09. The number of rotatable bonds is 3. The van der Waals surface area contributed by atoms with Crippen LogP contribution in [0.1, 0.15) is 11.6 Å². The zero-order chi connectivity index (χ0) is 11.4. The Kier molecular flexibility index (Phi) is 4.23. The average Bonchev–Trinajstić information content (AvgIpc) is 2.23. The molecule has 3 nitrogen and oxygen atoms in total. The summed E-state index contributed by atoms with van der Waals surface area (Å²) >= 11 is 3.22. The van der Waals surface area contributed by atoms with E-state index in [1.54, 1.807) is 19.2 Å². The number of hydrogen-bond acceptors (Lipinski definition) is 3. The van der Waals surface area contributed by atoms with Crippen molar-refractivity contribution in [1.29, 1.82) is 0 Å². The quantitative estimate of drug-likeness (QED) is 0.858. The van der Waals surface area contributed by atoms with Gasteiger partial charge in [0.1, 0.15) is 11.9 Å². The monoisotopic (exact) mass is 275 g/mol. The Hall–Kier alpha value is -0.940. The molecular formula is C10H11BrFNO2. The van der Waals surface area contributed by atoms with Crippen LogP contribution in [-0.2, 0) is 9.53 Å². The molecular weight excluding hydrogens is 265 g/mol. The Morgan fingerprint density at radius 2 is 2.27 bits per heavy atom. The molecule has 82 valence electrons. The maximum absolute atomic E-state index is 13.4. The Bertz CT molecular complexity index is 370. The van der Waals surface area contributed by atoms with Gasteiger partial charge in [-0.25, -0.2) is 9.18 Å². The fraction of sp³-hybridized carbons (Fsp3) is 0.300. The average molecular weight is 276 g/mol. The number of carbonyl (C=O) groups excluding carboxylic acids is 1. The molecule has 1 unspecified atom stereocenters. The molecule has 1 N–H and O–H groups in total. The SMILES string of the molecule is CNC(C(=O)OC)c1cc(Br)ccc1F. The van der Waals surface area contributed by atoms with Crippen LogP contribution >= 0.6 is 15.9 Å². The zero-order valence-corrected chi connectivity index (χ0v) is 9.97. The minimum Gasteiger partial charge on any atom is -0.468 e. The highest BCUT2D eigenvalue weighted by Gasteiger charge is 2.22. The lowest BCUT2D eigenvalue weighted by Crippen LogP contribution is -2.27. The van der Waals surface area contributed by atoms with E-state index in [-0.39, 0.29) is 5.56 Å². The van der Waals surface area contributed by atoms with E-state index in [2.05, 4.69) is 26.0 Å². The fourth-order valence-corrected chi connectivity index (χ4v) is 1.63. The second-order valence-corrected chi connectivity index (χ2v) is 3.83. The molecule has 0 radical (unpaired) electrons. The van der Waals surface area contributed by atoms with Crippen LogP contribution in [0.4, 0.5) is 4.39 Å². The molecule has 1 aromatic rings. The van der Waals surface area contributed by atoms with Gasteiger partial charge in [0.15, 0.2) is 0 Å². The van der Waals surface area contributed by atoms with E-state index in [1.165, 1.54) is 13.2 Å². The van der Waals surface area contributed by atoms with Gasteiger partial charge in [0.05, 0.1) is 7.11 Å². The van der Waals surface area contributed by atoms with Crippen molar-refractivity contribution in [2.45, 2.75) is 6.04 Å². The van der Waals surface area contributed by atoms with Gasteiger partial charge >= 0.3 is 5.97 Å². The molecule has 0 aliphatic carbocycles. The molecule has 1 rings (SSSR count). The zero-order valence-electron chi connectivity index (χ0n) is 8.38. The van der Waals surface area contributed by atoms with Gasteiger partial charge in [-0.2, -0.15) is 0 Å². The maximum atomic E-state index is 13.4. The fourth-order valence-electron chi connectivity index (χ4n) is 1.25. The van der Waals surface area contributed by atoms with Gasteiger partial charge < -0.3 is 10.1 Å². The minimum absolute atomic E-state index is 0.263. The lowest BCUT2D eigenvalue weighted by atomic mass is 10.1. The molecule has 1 aromatic carbocycles. The Labute approximate surface area is 95.7 Å². The Morgan fingerprint density at radius 1 is 1.60 bits per heavy atom. The number of halogens is 2. The molecule has 0 aromatic heterocycles. The summed E-state index contributed by atoms with van der Waals surface area (Å²) in [6.07, 6.45) is 0. The minimum atomic E-state index is -0.785. The van der Waals surface area contributed by atoms with E-state index in [0.717, 1.165) is 0 Å². The summed E-state index contributed by atoms with van der Waals surface area (Å²) < 4.78 is 18.7. The van der Waals surface area contributed by atoms with E-state index in [9.17, 15) is 9.18 Å². The van der Waals surface area contributed by atoms with Crippen molar-refractivity contribution in [3.63, 3.8) is 0 Å². The van der Waals surface area contributed by atoms with Crippen molar-refractivity contribution in [3.8, 4) is 0 Å². The van der Waals surface area contributed by atoms with E-state index in [0.29, 0.717) is 4.47 Å². The van der Waals surface area contributed by atoms with Gasteiger partial charge in [0.2, 0.25) is 0 Å². The molecule has 0 aliphatic rings. The predicted octanol–water partition coefficient (Wildman–Crippen LogP) is 2.02. The van der Waals surface area contributed by atoms with Crippen LogP contribution in [-0.4, -0.2) is 20.1 Å². The number of carbonyl (C=O) groups is 1. The predicted molar refractivity (Wildman–Crippen MR) is 57.9 cm³/mol. The number of nitrogens with one attached hydrogen (secondary N) is 1. The normalized spacial score (nSPS) is 12.3. The number of ether oxygens (including phenoxy) is 1. The smallest absolute Gasteiger partial charge is 0.327 e. The van der Waals surface area contributed by atoms with Crippen molar-refractivity contribution in [1.82, 2.24) is 5.32 Å². The molecule has 0 heterocycles. The van der Waals surface area contributed by atoms with Gasteiger partial charge in [-0.15, -0.1) is 0 Å². The van der Waals surface area contributed by atoms with Crippen LogP contribution in [0, 0.1) is 5.82 Å². The highest BCUT2D eigenvalue weighted by molar-refractivity contribution is 9.10. The second kappa shape index (κ2) is 5.23. The molecule has 15 heavy (non-hydrogen) atoms. The Balaban J connectivity index is 3.11. The summed E-state index contributed by atoms with van der Waals surface area (Å²) in [6.45, 7) is 0. The molecule has 0 amide bonds. The first kappa shape index (κ1) is 12.1. The van der Waals surface area contributed by atoms with Gasteiger partial charge in [0.25, 0.3) is 0 Å². The van der Waals surface area contributed by atoms with Crippen molar-refractivity contribution in [3.05, 3.63) is 34.1 Å². The summed E-state index contributed by atoms with van der Waals surface area (Å²) in [7, 11) is 2.84. The third-order valence-corrected chi connectivity index (χ3v) is 2.49. The van der Waals surface area contributed by atoms with Crippen molar-refractivity contribution in [2.24, 2.45) is 0 Å². The first-order chi connectivity index (χ1) is 7.10. The van der Waals surface area contributed by atoms with Gasteiger partial charge in [-0.1, -0.05) is 15.9 Å². The molecule has 0 bridgehead atoms. The third kappa shape index (κ3) is 2.76. The van der Waals surface area contributed by atoms with E-state index in [4.69, 9.17) is 0 Å². The molecule has 5 heteroatoms. The van der Waals surface area contributed by atoms with E-state index in [1.807, 2.05) is 0 Å². The van der Waals surface area contributed by atoms with Crippen molar-refractivity contribution in [2.75, 3.05) is 14.2 Å². The molecule has 0 spiro atoms. The number of benzene rings is 1. The van der Waals surface area contributed by atoms with Crippen molar-refractivity contribution < 1.29 is 13.9 Å². The topological polar surface area (TPSA) is 38.3 Å². The number of likely N-dealkylation sites (N-methyl/N-ethyl adjacent to an activating group) is 1. The maximum Gasteiger partial charge on any atom is 0.327 e. The third-order valence-electron chi connectivity index (χ3n) is 1.99. The Morgan fingerprint density at radius 3 is 2.80 bits per heavy atom. The second-order valence-electron chi connectivity index (χ2n) is 2.91. The van der Waals surface area contributed by atoms with Crippen LogP contribution in [0.2, 0.25) is 0 Å². The number of hydrogen-bond donors (Lipinski definition) is 1. The highest BCUT2D eigenvalue weighted by Crippen LogP contribution is 2.22. The van der Waals surface area contributed by atoms with Crippen LogP contribution in [0.3, 0.4) is 0 Å². The standard InChI is InChI=1S/C10H11BrFNO2/c1-13-9(10(14)15-2)7-5-6(11)3-4-8(7)12/h3-5,9,13H,1-2H3. The molecule has 0 saturated heterocycles. The van der Waals surface area contributed by atoms with E-state index >= 15 is 0 Å².